The SMILES string of the molecule is C[Si](C)(C)N([Si][Si][Si]N([Si](C)(C)C)[Si](C)(C)C)[Si](C)(C)C. The Hall–Kier alpha value is 1.44. The first-order valence-electron chi connectivity index (χ1n) is 7.84. The average Bonchev–Trinajstić information content (AvgIpc) is 2.07. The van der Waals surface area contributed by atoms with Crippen molar-refractivity contribution in [1.82, 2.24) is 7.79 Å². The summed E-state index contributed by atoms with van der Waals surface area (Å²) in [5, 5.41) is 0. The number of nitrogens with zero attached hydrogens (tertiary/aromatic N) is 2. The molecule has 0 spiro atoms. The van der Waals surface area contributed by atoms with E-state index in [1.54, 1.807) is 0 Å². The lowest BCUT2D eigenvalue weighted by atomic mass is 11.8. The Morgan fingerprint density at radius 1 is 0.429 bits per heavy atom. The van der Waals surface area contributed by atoms with Crippen molar-refractivity contribution in [1.29, 1.82) is 0 Å². The average molecular weight is 405 g/mol. The quantitative estimate of drug-likeness (QED) is 0.569. The van der Waals surface area contributed by atoms with Crippen LogP contribution >= 0.6 is 0 Å². The molecule has 0 amide bonds. The molecule has 0 heterocycles. The van der Waals surface area contributed by atoms with E-state index >= 15 is 0 Å². The molecule has 0 aromatic carbocycles. The van der Waals surface area contributed by atoms with Crippen molar-refractivity contribution < 1.29 is 0 Å². The number of hydrogen-bond acceptors (Lipinski definition) is 2. The van der Waals surface area contributed by atoms with Gasteiger partial charge >= 0.3 is 0 Å². The Kier molecular flexibility index (Phi) is 8.07. The molecule has 21 heavy (non-hydrogen) atoms. The summed E-state index contributed by atoms with van der Waals surface area (Å²) in [6.07, 6.45) is 0. The van der Waals surface area contributed by atoms with Crippen molar-refractivity contribution in [3.8, 4) is 0 Å². The lowest BCUT2D eigenvalue weighted by molar-refractivity contribution is 0.961. The van der Waals surface area contributed by atoms with Crippen LogP contribution in [0, 0.1) is 0 Å². The van der Waals surface area contributed by atoms with Crippen molar-refractivity contribution in [3.63, 3.8) is 0 Å². The summed E-state index contributed by atoms with van der Waals surface area (Å²) in [6.45, 7) is 30.3. The van der Waals surface area contributed by atoms with E-state index in [2.05, 4.69) is 86.4 Å². The molecule has 2 nitrogen and oxygen atoms in total. The van der Waals surface area contributed by atoms with Gasteiger partial charge in [0.05, 0.1) is 8.55 Å². The van der Waals surface area contributed by atoms with E-state index in [1.165, 1.54) is 0 Å². The van der Waals surface area contributed by atoms with Crippen LogP contribution in [0.4, 0.5) is 0 Å². The topological polar surface area (TPSA) is 6.48 Å². The Balaban J connectivity index is 4.84. The van der Waals surface area contributed by atoms with E-state index in [-0.39, 0.29) is 0 Å². The van der Waals surface area contributed by atoms with Crippen LogP contribution in [0.1, 0.15) is 0 Å². The smallest absolute Gasteiger partial charge is 0.105 e. The third kappa shape index (κ3) is 8.20. The van der Waals surface area contributed by atoms with Crippen molar-refractivity contribution in [3.05, 3.63) is 0 Å². The van der Waals surface area contributed by atoms with Crippen LogP contribution < -0.4 is 0 Å². The predicted octanol–water partition coefficient (Wildman–Crippen LogP) is 3.70. The summed E-state index contributed by atoms with van der Waals surface area (Å²) in [7, 11) is -1.36. The summed E-state index contributed by atoms with van der Waals surface area (Å²) in [5.74, 6) is 0. The third-order valence-corrected chi connectivity index (χ3v) is 33.2. The van der Waals surface area contributed by atoms with E-state index in [0.717, 1.165) is 27.0 Å². The number of hydrogen-bond donors (Lipinski definition) is 0. The van der Waals surface area contributed by atoms with Gasteiger partial charge in [0.25, 0.3) is 0 Å². The molecule has 0 saturated heterocycles. The molecule has 9 heteroatoms. The number of rotatable bonds is 8. The molecule has 0 unspecified atom stereocenters. The molecule has 0 aliphatic rings. The van der Waals surface area contributed by atoms with Gasteiger partial charge in [0.2, 0.25) is 0 Å². The molecule has 0 aromatic heterocycles. The first kappa shape index (κ1) is 22.4. The molecule has 0 atom stereocenters. The fourth-order valence-electron chi connectivity index (χ4n) is 2.82. The van der Waals surface area contributed by atoms with Crippen LogP contribution in [0.5, 0.6) is 0 Å². The van der Waals surface area contributed by atoms with E-state index in [9.17, 15) is 0 Å². The highest BCUT2D eigenvalue weighted by Gasteiger charge is 2.37. The second-order valence-electron chi connectivity index (χ2n) is 9.70. The second kappa shape index (κ2) is 7.55. The molecule has 0 bridgehead atoms. The maximum Gasteiger partial charge on any atom is 0.105 e. The lowest BCUT2D eigenvalue weighted by Gasteiger charge is -2.46. The van der Waals surface area contributed by atoms with Crippen LogP contribution in [0.3, 0.4) is 0 Å². The van der Waals surface area contributed by atoms with Crippen molar-refractivity contribution >= 4 is 59.9 Å². The van der Waals surface area contributed by atoms with Crippen LogP contribution in [-0.2, 0) is 0 Å². The minimum atomic E-state index is -1.16. The molecule has 6 radical (unpaired) electrons. The normalized spacial score (nSPS) is 15.1. The van der Waals surface area contributed by atoms with Gasteiger partial charge in [-0.3, -0.25) is 0 Å². The zero-order valence-corrected chi connectivity index (χ0v) is 23.4. The zero-order chi connectivity index (χ0) is 17.3. The first-order chi connectivity index (χ1) is 8.97. The van der Waals surface area contributed by atoms with Gasteiger partial charge in [-0.15, -0.1) is 0 Å². The summed E-state index contributed by atoms with van der Waals surface area (Å²) in [4.78, 5) is 0. The second-order valence-corrected chi connectivity index (χ2v) is 37.5. The molecule has 0 N–H and O–H groups in total. The van der Waals surface area contributed by atoms with Gasteiger partial charge in [-0.25, -0.2) is 0 Å². The Morgan fingerprint density at radius 2 is 0.619 bits per heavy atom. The summed E-state index contributed by atoms with van der Waals surface area (Å²) >= 11 is 0. The van der Waals surface area contributed by atoms with Gasteiger partial charge in [-0.2, -0.15) is 0 Å². The van der Waals surface area contributed by atoms with Crippen LogP contribution in [0.2, 0.25) is 78.6 Å². The maximum atomic E-state index is 2.98. The molecular weight excluding hydrogens is 369 g/mol. The van der Waals surface area contributed by atoms with E-state index < -0.39 is 32.9 Å². The van der Waals surface area contributed by atoms with Crippen molar-refractivity contribution in [2.24, 2.45) is 0 Å². The fraction of sp³-hybridized carbons (Fsp3) is 1.00. The highest BCUT2D eigenvalue weighted by Crippen LogP contribution is 2.19. The standard InChI is InChI=1S/C12H36N2Si7/c1-18(2,3)13(19(4,5)6)15-17-16-14(20(7,8)9)21(10,11)12/h1-12H3. The summed E-state index contributed by atoms with van der Waals surface area (Å²) in [5.41, 5.74) is 0. The fourth-order valence-corrected chi connectivity index (χ4v) is 46.0. The molecule has 0 aliphatic carbocycles. The van der Waals surface area contributed by atoms with Gasteiger partial charge in [0.1, 0.15) is 51.3 Å². The molecule has 0 aromatic rings. The monoisotopic (exact) mass is 404 g/mol. The molecule has 0 aliphatic heterocycles. The van der Waals surface area contributed by atoms with Gasteiger partial charge in [0.15, 0.2) is 0 Å². The summed E-state index contributed by atoms with van der Waals surface area (Å²) in [6, 6.07) is 0. The summed E-state index contributed by atoms with van der Waals surface area (Å²) < 4.78 is 5.97. The zero-order valence-electron chi connectivity index (χ0n) is 16.4. The highest BCUT2D eigenvalue weighted by atomic mass is 29.5. The largest absolute Gasteiger partial charge is 0.373 e. The van der Waals surface area contributed by atoms with E-state index in [0.29, 0.717) is 0 Å². The first-order valence-corrected chi connectivity index (χ1v) is 26.5. The molecule has 122 valence electrons. The van der Waals surface area contributed by atoms with Gasteiger partial charge in [0, 0.05) is 0 Å². The van der Waals surface area contributed by atoms with Crippen molar-refractivity contribution in [2.75, 3.05) is 0 Å². The van der Waals surface area contributed by atoms with E-state index in [4.69, 9.17) is 0 Å². The molecule has 0 rings (SSSR count). The minimum absolute atomic E-state index is 1.08. The Morgan fingerprint density at radius 3 is 0.762 bits per heavy atom. The Bertz CT molecular complexity index is 262. The van der Waals surface area contributed by atoms with Gasteiger partial charge in [-0.1, -0.05) is 78.6 Å². The molecule has 0 fully saturated rings. The Labute approximate surface area is 146 Å². The van der Waals surface area contributed by atoms with E-state index in [1.807, 2.05) is 0 Å². The van der Waals surface area contributed by atoms with Gasteiger partial charge < -0.3 is 7.79 Å². The highest BCUT2D eigenvalue weighted by molar-refractivity contribution is 7.33. The molecule has 0 saturated carbocycles. The van der Waals surface area contributed by atoms with Crippen molar-refractivity contribution in [2.45, 2.75) is 78.6 Å². The van der Waals surface area contributed by atoms with Crippen LogP contribution in [-0.4, -0.2) is 67.7 Å². The molecular formula is C12H36N2Si7. The third-order valence-electron chi connectivity index (χ3n) is 3.02. The minimum Gasteiger partial charge on any atom is -0.373 e. The predicted molar refractivity (Wildman–Crippen MR) is 114 cm³/mol. The lowest BCUT2D eigenvalue weighted by Crippen LogP contribution is -2.66. The van der Waals surface area contributed by atoms with Crippen LogP contribution in [0.25, 0.3) is 0 Å². The van der Waals surface area contributed by atoms with Gasteiger partial charge in [-0.05, 0) is 0 Å². The maximum absolute atomic E-state index is 2.98. The van der Waals surface area contributed by atoms with Crippen LogP contribution in [0.15, 0.2) is 0 Å².